The maximum atomic E-state index is 13.8. The third-order valence-corrected chi connectivity index (χ3v) is 7.95. The van der Waals surface area contributed by atoms with Crippen LogP contribution in [0.15, 0.2) is 71.7 Å². The Bertz CT molecular complexity index is 1640. The Balaban J connectivity index is 1.46. The van der Waals surface area contributed by atoms with Crippen LogP contribution < -0.4 is 11.3 Å². The highest BCUT2D eigenvalue weighted by Gasteiger charge is 2.26. The lowest BCUT2D eigenvalue weighted by molar-refractivity contribution is -0.133. The lowest BCUT2D eigenvalue weighted by atomic mass is 9.96. The highest BCUT2D eigenvalue weighted by Crippen LogP contribution is 2.28. The summed E-state index contributed by atoms with van der Waals surface area (Å²) < 4.78 is 7.04. The van der Waals surface area contributed by atoms with Gasteiger partial charge in [0.05, 0.1) is 36.5 Å². The molecule has 1 aliphatic rings. The van der Waals surface area contributed by atoms with Crippen molar-refractivity contribution >= 4 is 22.8 Å². The molecule has 0 radical (unpaired) electrons. The fourth-order valence-corrected chi connectivity index (χ4v) is 5.32. The number of morpholine rings is 1. The van der Waals surface area contributed by atoms with E-state index in [-0.39, 0.29) is 24.1 Å². The van der Waals surface area contributed by atoms with E-state index in [4.69, 9.17) is 10.5 Å². The number of aromatic nitrogens is 2. The number of carbonyl (C=O) groups excluding carboxylic acids is 2. The van der Waals surface area contributed by atoms with Gasteiger partial charge in [-0.2, -0.15) is 0 Å². The van der Waals surface area contributed by atoms with Crippen molar-refractivity contribution in [2.24, 2.45) is 5.73 Å². The van der Waals surface area contributed by atoms with Gasteiger partial charge in [0.2, 0.25) is 11.8 Å². The van der Waals surface area contributed by atoms with E-state index in [1.807, 2.05) is 62.4 Å². The van der Waals surface area contributed by atoms with Crippen molar-refractivity contribution in [1.29, 1.82) is 0 Å². The minimum atomic E-state index is -0.482. The Morgan fingerprint density at radius 3 is 2.41 bits per heavy atom. The smallest absolute Gasteiger partial charge is 0.269 e. The number of rotatable bonds is 8. The van der Waals surface area contributed by atoms with E-state index >= 15 is 0 Å². The van der Waals surface area contributed by atoms with E-state index in [0.717, 1.165) is 40.9 Å². The molecule has 0 aliphatic carbocycles. The second-order valence-electron chi connectivity index (χ2n) is 10.6. The number of ether oxygens (including phenoxy) is 1. The number of hydrogen-bond donors (Lipinski definition) is 1. The van der Waals surface area contributed by atoms with Crippen LogP contribution in [-0.2, 0) is 16.1 Å². The molecule has 1 unspecified atom stereocenters. The number of likely N-dealkylation sites (N-methyl/N-ethyl adjacent to an activating group) is 1. The molecule has 2 amide bonds. The Morgan fingerprint density at radius 2 is 1.71 bits per heavy atom. The zero-order valence-electron chi connectivity index (χ0n) is 23.7. The van der Waals surface area contributed by atoms with Crippen molar-refractivity contribution in [3.8, 4) is 11.1 Å². The predicted octanol–water partition coefficient (Wildman–Crippen LogP) is 3.31. The van der Waals surface area contributed by atoms with Crippen molar-refractivity contribution in [2.45, 2.75) is 26.4 Å². The zero-order valence-corrected chi connectivity index (χ0v) is 23.7. The SMILES string of the molecule is Cc1cc2ncc(=O)n(CC(=O)N(C)C(CN3CCOCC3)c3ccc(-c4ccccc4C(N)=O)cc3)c2cc1C. The maximum absolute atomic E-state index is 13.8. The number of nitrogens with two attached hydrogens (primary N) is 1. The van der Waals surface area contributed by atoms with Crippen molar-refractivity contribution < 1.29 is 14.3 Å². The van der Waals surface area contributed by atoms with E-state index in [1.54, 1.807) is 24.1 Å². The zero-order chi connectivity index (χ0) is 29.1. The molecule has 1 aliphatic heterocycles. The van der Waals surface area contributed by atoms with Gasteiger partial charge in [-0.25, -0.2) is 4.98 Å². The van der Waals surface area contributed by atoms with Crippen LogP contribution in [0.5, 0.6) is 0 Å². The van der Waals surface area contributed by atoms with E-state index in [9.17, 15) is 14.4 Å². The van der Waals surface area contributed by atoms with Gasteiger partial charge in [-0.3, -0.25) is 23.9 Å². The van der Waals surface area contributed by atoms with Gasteiger partial charge in [-0.05, 0) is 59.9 Å². The number of fused-ring (bicyclic) bond motifs is 1. The van der Waals surface area contributed by atoms with Gasteiger partial charge in [0.1, 0.15) is 6.54 Å². The standard InChI is InChI=1S/C32H35N5O4/c1-21-16-27-28(17-22(21)2)37(30(38)18-34-27)20-31(39)35(3)29(19-36-12-14-41-15-13-36)24-10-8-23(9-11-24)25-6-4-5-7-26(25)32(33)40/h4-11,16-18,29H,12-15,19-20H2,1-3H3,(H2,33,40). The summed E-state index contributed by atoms with van der Waals surface area (Å²) in [6.07, 6.45) is 1.28. The average Bonchev–Trinajstić information content (AvgIpc) is 2.98. The third kappa shape index (κ3) is 6.06. The summed E-state index contributed by atoms with van der Waals surface area (Å²) in [6.45, 7) is 7.33. The second kappa shape index (κ2) is 12.0. The molecular weight excluding hydrogens is 518 g/mol. The van der Waals surface area contributed by atoms with Crippen LogP contribution in [0, 0.1) is 13.8 Å². The molecule has 2 heterocycles. The molecule has 41 heavy (non-hydrogen) atoms. The number of hydrogen-bond acceptors (Lipinski definition) is 6. The fourth-order valence-electron chi connectivity index (χ4n) is 5.32. The summed E-state index contributed by atoms with van der Waals surface area (Å²) in [5.74, 6) is -0.663. The third-order valence-electron chi connectivity index (χ3n) is 7.95. The number of carbonyl (C=O) groups is 2. The van der Waals surface area contributed by atoms with Crippen LogP contribution >= 0.6 is 0 Å². The van der Waals surface area contributed by atoms with Crippen molar-refractivity contribution in [1.82, 2.24) is 19.4 Å². The van der Waals surface area contributed by atoms with Crippen LogP contribution in [0.2, 0.25) is 0 Å². The quantitative estimate of drug-likeness (QED) is 0.359. The van der Waals surface area contributed by atoms with Crippen molar-refractivity contribution in [2.75, 3.05) is 39.9 Å². The van der Waals surface area contributed by atoms with E-state index in [2.05, 4.69) is 9.88 Å². The monoisotopic (exact) mass is 553 g/mol. The fraction of sp³-hybridized carbons (Fsp3) is 0.312. The first-order chi connectivity index (χ1) is 19.7. The summed E-state index contributed by atoms with van der Waals surface area (Å²) in [5, 5.41) is 0. The van der Waals surface area contributed by atoms with E-state index < -0.39 is 5.91 Å². The number of benzene rings is 3. The topological polar surface area (TPSA) is 111 Å². The normalized spacial score (nSPS) is 14.6. The molecule has 212 valence electrons. The van der Waals surface area contributed by atoms with Gasteiger partial charge < -0.3 is 15.4 Å². The minimum Gasteiger partial charge on any atom is -0.379 e. The van der Waals surface area contributed by atoms with Gasteiger partial charge in [-0.1, -0.05) is 42.5 Å². The minimum absolute atomic E-state index is 0.0967. The van der Waals surface area contributed by atoms with Crippen LogP contribution in [0.4, 0.5) is 0 Å². The summed E-state index contributed by atoms with van der Waals surface area (Å²) in [6, 6.07) is 18.7. The number of amides is 2. The second-order valence-corrected chi connectivity index (χ2v) is 10.6. The average molecular weight is 554 g/mol. The summed E-state index contributed by atoms with van der Waals surface area (Å²) in [5.41, 5.74) is 11.7. The molecule has 1 saturated heterocycles. The Kier molecular flexibility index (Phi) is 8.28. The molecule has 9 nitrogen and oxygen atoms in total. The van der Waals surface area contributed by atoms with Crippen LogP contribution in [-0.4, -0.2) is 71.1 Å². The van der Waals surface area contributed by atoms with Crippen LogP contribution in [0.3, 0.4) is 0 Å². The Labute approximate surface area is 239 Å². The molecule has 1 fully saturated rings. The van der Waals surface area contributed by atoms with Gasteiger partial charge >= 0.3 is 0 Å². The van der Waals surface area contributed by atoms with E-state index in [0.29, 0.717) is 36.4 Å². The van der Waals surface area contributed by atoms with Crippen LogP contribution in [0.25, 0.3) is 22.2 Å². The summed E-state index contributed by atoms with van der Waals surface area (Å²) in [4.78, 5) is 46.9. The molecule has 1 aromatic heterocycles. The highest BCUT2D eigenvalue weighted by molar-refractivity contribution is 5.99. The summed E-state index contributed by atoms with van der Waals surface area (Å²) in [7, 11) is 1.79. The first-order valence-electron chi connectivity index (χ1n) is 13.7. The first kappa shape index (κ1) is 28.2. The Hall–Kier alpha value is -4.34. The van der Waals surface area contributed by atoms with Gasteiger partial charge in [0, 0.05) is 32.2 Å². The molecule has 9 heteroatoms. The van der Waals surface area contributed by atoms with Crippen molar-refractivity contribution in [3.05, 3.63) is 99.5 Å². The van der Waals surface area contributed by atoms with Gasteiger partial charge in [-0.15, -0.1) is 0 Å². The van der Waals surface area contributed by atoms with Crippen LogP contribution in [0.1, 0.15) is 33.1 Å². The number of primary amides is 1. The molecule has 2 N–H and O–H groups in total. The van der Waals surface area contributed by atoms with Gasteiger partial charge in [0.25, 0.3) is 5.56 Å². The van der Waals surface area contributed by atoms with E-state index in [1.165, 1.54) is 10.8 Å². The van der Waals surface area contributed by atoms with Gasteiger partial charge in [0.15, 0.2) is 0 Å². The Morgan fingerprint density at radius 1 is 1.02 bits per heavy atom. The molecule has 4 aromatic rings. The largest absolute Gasteiger partial charge is 0.379 e. The molecular formula is C32H35N5O4. The number of aryl methyl sites for hydroxylation is 2. The van der Waals surface area contributed by atoms with Crippen molar-refractivity contribution in [3.63, 3.8) is 0 Å². The summed E-state index contributed by atoms with van der Waals surface area (Å²) >= 11 is 0. The molecule has 0 bridgehead atoms. The molecule has 3 aromatic carbocycles. The predicted molar refractivity (Wildman–Crippen MR) is 159 cm³/mol. The highest BCUT2D eigenvalue weighted by atomic mass is 16.5. The lowest BCUT2D eigenvalue weighted by Gasteiger charge is -2.35. The molecule has 5 rings (SSSR count). The number of nitrogens with zero attached hydrogens (tertiary/aromatic N) is 4. The molecule has 1 atom stereocenters. The first-order valence-corrected chi connectivity index (χ1v) is 13.7. The molecule has 0 saturated carbocycles. The lowest BCUT2D eigenvalue weighted by Crippen LogP contribution is -2.45. The molecule has 0 spiro atoms. The maximum Gasteiger partial charge on any atom is 0.269 e.